The van der Waals surface area contributed by atoms with E-state index in [2.05, 4.69) is 27.0 Å². The topological polar surface area (TPSA) is 27.6 Å². The van der Waals surface area contributed by atoms with Crippen LogP contribution in [0.4, 0.5) is 0 Å². The largest absolute Gasteiger partial charge is 0.345 e. The van der Waals surface area contributed by atoms with Crippen LogP contribution in [0.3, 0.4) is 0 Å². The highest BCUT2D eigenvalue weighted by atomic mass is 127. The summed E-state index contributed by atoms with van der Waals surface area (Å²) >= 11 is 0. The maximum absolute atomic E-state index is 4.32. The lowest BCUT2D eigenvalue weighted by molar-refractivity contribution is 0.538. The van der Waals surface area contributed by atoms with Crippen molar-refractivity contribution >= 4 is 29.9 Å². The van der Waals surface area contributed by atoms with Gasteiger partial charge in [-0.3, -0.25) is 4.99 Å². The van der Waals surface area contributed by atoms with Gasteiger partial charge in [0, 0.05) is 19.2 Å². The molecule has 90 valence electrons. The van der Waals surface area contributed by atoms with Crippen molar-refractivity contribution in [1.29, 1.82) is 0 Å². The van der Waals surface area contributed by atoms with Crippen LogP contribution in [-0.4, -0.2) is 37.5 Å². The third-order valence-electron chi connectivity index (χ3n) is 2.40. The minimum absolute atomic E-state index is 0. The Hall–Kier alpha value is -1.22. The Labute approximate surface area is 119 Å². The number of benzene rings is 1. The number of halogens is 1. The molecule has 0 unspecified atom stereocenters. The van der Waals surface area contributed by atoms with E-state index >= 15 is 0 Å². The second-order valence-electron chi connectivity index (χ2n) is 3.65. The van der Waals surface area contributed by atoms with Gasteiger partial charge >= 0.3 is 0 Å². The lowest BCUT2D eigenvalue weighted by Crippen LogP contribution is -2.35. The van der Waals surface area contributed by atoms with Gasteiger partial charge in [0.1, 0.15) is 0 Å². The van der Waals surface area contributed by atoms with Crippen molar-refractivity contribution in [3.63, 3.8) is 0 Å². The summed E-state index contributed by atoms with van der Waals surface area (Å²) in [6.45, 7) is 2.51. The van der Waals surface area contributed by atoms with Crippen LogP contribution in [0, 0.1) is 11.8 Å². The molecule has 0 fully saturated rings. The second kappa shape index (κ2) is 7.17. The molecular formula is C13H16IN3. The zero-order valence-corrected chi connectivity index (χ0v) is 12.1. The fourth-order valence-corrected chi connectivity index (χ4v) is 1.51. The van der Waals surface area contributed by atoms with E-state index in [9.17, 15) is 0 Å². The Bertz CT molecular complexity index is 431. The van der Waals surface area contributed by atoms with E-state index in [0.717, 1.165) is 24.6 Å². The summed E-state index contributed by atoms with van der Waals surface area (Å²) < 4.78 is 0. The van der Waals surface area contributed by atoms with Gasteiger partial charge in [0.05, 0.1) is 13.1 Å². The normalized spacial score (nSPS) is 13.2. The monoisotopic (exact) mass is 341 g/mol. The molecule has 17 heavy (non-hydrogen) atoms. The molecule has 0 amide bonds. The van der Waals surface area contributed by atoms with Crippen LogP contribution in [0.1, 0.15) is 5.56 Å². The van der Waals surface area contributed by atoms with E-state index in [1.54, 1.807) is 0 Å². The smallest absolute Gasteiger partial charge is 0.194 e. The Morgan fingerprint density at radius 1 is 1.35 bits per heavy atom. The second-order valence-corrected chi connectivity index (χ2v) is 3.65. The maximum atomic E-state index is 4.32. The van der Waals surface area contributed by atoms with Crippen LogP contribution < -0.4 is 5.32 Å². The third-order valence-corrected chi connectivity index (χ3v) is 2.40. The molecule has 3 nitrogen and oxygen atoms in total. The van der Waals surface area contributed by atoms with Gasteiger partial charge in [0.25, 0.3) is 0 Å². The first-order valence-corrected chi connectivity index (χ1v) is 5.39. The predicted octanol–water partition coefficient (Wildman–Crippen LogP) is 1.55. The molecule has 0 aliphatic carbocycles. The average Bonchev–Trinajstić information content (AvgIpc) is 2.72. The van der Waals surface area contributed by atoms with E-state index in [1.165, 1.54) is 0 Å². The van der Waals surface area contributed by atoms with Gasteiger partial charge in [-0.1, -0.05) is 30.0 Å². The Kier molecular flexibility index (Phi) is 5.84. The molecule has 1 aromatic rings. The number of aliphatic imine (C=N–C) groups is 1. The van der Waals surface area contributed by atoms with E-state index in [4.69, 9.17) is 0 Å². The minimum Gasteiger partial charge on any atom is -0.345 e. The molecule has 1 N–H and O–H groups in total. The molecular weight excluding hydrogens is 325 g/mol. The molecule has 0 saturated carbocycles. The van der Waals surface area contributed by atoms with Crippen molar-refractivity contribution < 1.29 is 0 Å². The molecule has 0 aromatic heterocycles. The van der Waals surface area contributed by atoms with Gasteiger partial charge in [0.15, 0.2) is 5.96 Å². The van der Waals surface area contributed by atoms with Gasteiger partial charge in [-0.2, -0.15) is 0 Å². The number of guanidine groups is 1. The van der Waals surface area contributed by atoms with E-state index in [1.807, 2.05) is 37.4 Å². The molecule has 4 heteroatoms. The first kappa shape index (κ1) is 13.8. The summed E-state index contributed by atoms with van der Waals surface area (Å²) in [6.07, 6.45) is 0. The van der Waals surface area contributed by atoms with Crippen LogP contribution >= 0.6 is 24.0 Å². The molecule has 1 aliphatic heterocycles. The number of hydrogen-bond donors (Lipinski definition) is 1. The summed E-state index contributed by atoms with van der Waals surface area (Å²) in [5.74, 6) is 7.12. The van der Waals surface area contributed by atoms with Gasteiger partial charge in [-0.05, 0) is 12.1 Å². The zero-order chi connectivity index (χ0) is 11.2. The fourth-order valence-electron chi connectivity index (χ4n) is 1.51. The summed E-state index contributed by atoms with van der Waals surface area (Å²) in [7, 11) is 2.03. The molecule has 0 saturated heterocycles. The van der Waals surface area contributed by atoms with E-state index in [0.29, 0.717) is 6.54 Å². The molecule has 0 bridgehead atoms. The van der Waals surface area contributed by atoms with Gasteiger partial charge in [-0.15, -0.1) is 24.0 Å². The van der Waals surface area contributed by atoms with Crippen molar-refractivity contribution in [2.24, 2.45) is 4.99 Å². The summed E-state index contributed by atoms with van der Waals surface area (Å²) in [5.41, 5.74) is 1.05. The Balaban J connectivity index is 0.00000144. The molecule has 0 spiro atoms. The van der Waals surface area contributed by atoms with Crippen molar-refractivity contribution in [1.82, 2.24) is 10.2 Å². The first-order chi connectivity index (χ1) is 7.86. The highest BCUT2D eigenvalue weighted by Crippen LogP contribution is 1.95. The Morgan fingerprint density at radius 2 is 2.12 bits per heavy atom. The molecule has 2 rings (SSSR count). The zero-order valence-electron chi connectivity index (χ0n) is 9.81. The predicted molar refractivity (Wildman–Crippen MR) is 81.7 cm³/mol. The lowest BCUT2D eigenvalue weighted by Gasteiger charge is -2.13. The highest BCUT2D eigenvalue weighted by molar-refractivity contribution is 14.0. The first-order valence-electron chi connectivity index (χ1n) is 5.39. The van der Waals surface area contributed by atoms with Crippen LogP contribution in [-0.2, 0) is 0 Å². The number of nitrogens with one attached hydrogen (secondary N) is 1. The molecule has 1 heterocycles. The SMILES string of the molecule is CN1CCN=C1NCC#Cc1ccccc1.I. The highest BCUT2D eigenvalue weighted by Gasteiger charge is 2.09. The number of rotatable bonds is 1. The van der Waals surface area contributed by atoms with Crippen LogP contribution in [0.15, 0.2) is 35.3 Å². The van der Waals surface area contributed by atoms with Gasteiger partial charge in [0.2, 0.25) is 0 Å². The molecule has 1 aliphatic rings. The molecule has 0 atom stereocenters. The summed E-state index contributed by atoms with van der Waals surface area (Å²) in [6, 6.07) is 9.99. The molecule has 0 radical (unpaired) electrons. The van der Waals surface area contributed by atoms with E-state index < -0.39 is 0 Å². The standard InChI is InChI=1S/C13H15N3.HI/c1-16-11-10-15-13(16)14-9-5-8-12-6-3-2-4-7-12;/h2-4,6-7H,9-11H2,1H3,(H,14,15);1H. The fraction of sp³-hybridized carbons (Fsp3) is 0.308. The van der Waals surface area contributed by atoms with Crippen LogP contribution in [0.2, 0.25) is 0 Å². The van der Waals surface area contributed by atoms with E-state index in [-0.39, 0.29) is 24.0 Å². The maximum Gasteiger partial charge on any atom is 0.194 e. The number of nitrogens with zero attached hydrogens (tertiary/aromatic N) is 2. The summed E-state index contributed by atoms with van der Waals surface area (Å²) in [5, 5.41) is 3.20. The third kappa shape index (κ3) is 4.27. The quantitative estimate of drug-likeness (QED) is 0.620. The average molecular weight is 341 g/mol. The summed E-state index contributed by atoms with van der Waals surface area (Å²) in [4.78, 5) is 6.43. The van der Waals surface area contributed by atoms with Crippen molar-refractivity contribution in [3.8, 4) is 11.8 Å². The lowest BCUT2D eigenvalue weighted by atomic mass is 10.2. The van der Waals surface area contributed by atoms with Crippen molar-refractivity contribution in [3.05, 3.63) is 35.9 Å². The number of hydrogen-bond acceptors (Lipinski definition) is 3. The van der Waals surface area contributed by atoms with Crippen molar-refractivity contribution in [2.45, 2.75) is 0 Å². The van der Waals surface area contributed by atoms with Crippen molar-refractivity contribution in [2.75, 3.05) is 26.7 Å². The molecule has 1 aromatic carbocycles. The van der Waals surface area contributed by atoms with Crippen LogP contribution in [0.5, 0.6) is 0 Å². The Morgan fingerprint density at radius 3 is 2.76 bits per heavy atom. The van der Waals surface area contributed by atoms with Crippen LogP contribution in [0.25, 0.3) is 0 Å². The van der Waals surface area contributed by atoms with Gasteiger partial charge < -0.3 is 10.2 Å². The van der Waals surface area contributed by atoms with Gasteiger partial charge in [-0.25, -0.2) is 0 Å². The number of likely N-dealkylation sites (N-methyl/N-ethyl adjacent to an activating group) is 1. The minimum atomic E-state index is 0.